The number of hydrogen-bond donors (Lipinski definition) is 1. The second-order valence-corrected chi connectivity index (χ2v) is 8.41. The first-order valence-corrected chi connectivity index (χ1v) is 8.58. The summed E-state index contributed by atoms with van der Waals surface area (Å²) in [5.41, 5.74) is 0. The van der Waals surface area contributed by atoms with Crippen LogP contribution >= 0.6 is 15.9 Å². The van der Waals surface area contributed by atoms with Gasteiger partial charge in [-0.3, -0.25) is 0 Å². The molecule has 0 aliphatic carbocycles. The zero-order valence-electron chi connectivity index (χ0n) is 10.8. The molecule has 1 aliphatic rings. The lowest BCUT2D eigenvalue weighted by Crippen LogP contribution is -2.48. The molecule has 0 saturated carbocycles. The average molecular weight is 327 g/mol. The van der Waals surface area contributed by atoms with Crippen molar-refractivity contribution >= 4 is 26.1 Å². The smallest absolute Gasteiger partial charge is 0.199 e. The van der Waals surface area contributed by atoms with Crippen molar-refractivity contribution in [3.05, 3.63) is 0 Å². The van der Waals surface area contributed by atoms with Gasteiger partial charge in [-0.15, -0.1) is 0 Å². The van der Waals surface area contributed by atoms with Crippen LogP contribution in [0.1, 0.15) is 40.0 Å². The molecule has 0 amide bonds. The second-order valence-electron chi connectivity index (χ2n) is 5.15. The van der Waals surface area contributed by atoms with E-state index in [9.17, 15) is 8.42 Å². The van der Waals surface area contributed by atoms with Crippen LogP contribution in [0.25, 0.3) is 0 Å². The van der Waals surface area contributed by atoms with Crippen molar-refractivity contribution in [3.63, 3.8) is 0 Å². The first-order valence-electron chi connectivity index (χ1n) is 6.22. The van der Waals surface area contributed by atoms with Gasteiger partial charge in [0.2, 0.25) is 0 Å². The molecule has 0 spiro atoms. The molecule has 1 N–H and O–H groups in total. The van der Waals surface area contributed by atoms with Crippen LogP contribution in [0.2, 0.25) is 0 Å². The Balaban J connectivity index is 2.55. The number of nitrogens with zero attached hydrogens (tertiary/aromatic N) is 1. The monoisotopic (exact) mass is 326 g/mol. The number of rotatable bonds is 5. The molecule has 6 heteroatoms. The van der Waals surface area contributed by atoms with Crippen LogP contribution in [0.4, 0.5) is 0 Å². The predicted molar refractivity (Wildman–Crippen MR) is 74.5 cm³/mol. The van der Waals surface area contributed by atoms with Crippen LogP contribution in [-0.2, 0) is 10.2 Å². The molecular formula is C11H23BrN2O2S. The van der Waals surface area contributed by atoms with Crippen LogP contribution in [0.15, 0.2) is 0 Å². The van der Waals surface area contributed by atoms with E-state index in [1.165, 1.54) is 0 Å². The lowest BCUT2D eigenvalue weighted by molar-refractivity contribution is 0.276. The summed E-state index contributed by atoms with van der Waals surface area (Å²) in [6.45, 7) is 7.32. The summed E-state index contributed by atoms with van der Waals surface area (Å²) in [5.74, 6) is 0.464. The number of alkyl halides is 1. The Labute approximate surface area is 113 Å². The van der Waals surface area contributed by atoms with E-state index in [1.807, 2.05) is 13.8 Å². The van der Waals surface area contributed by atoms with Crippen LogP contribution in [0.5, 0.6) is 0 Å². The molecule has 4 nitrogen and oxygen atoms in total. The number of nitrogens with one attached hydrogen (secondary N) is 1. The SMILES string of the molecule is CC(Br)CC(C)NS(=O)(=O)N1CCCC(C)C1. The highest BCUT2D eigenvalue weighted by molar-refractivity contribution is 9.09. The first-order chi connectivity index (χ1) is 7.81. The molecule has 1 fully saturated rings. The molecular weight excluding hydrogens is 304 g/mol. The van der Waals surface area contributed by atoms with Crippen molar-refractivity contribution < 1.29 is 8.42 Å². The van der Waals surface area contributed by atoms with E-state index in [0.717, 1.165) is 19.3 Å². The van der Waals surface area contributed by atoms with Gasteiger partial charge in [-0.2, -0.15) is 17.4 Å². The quantitative estimate of drug-likeness (QED) is 0.787. The van der Waals surface area contributed by atoms with E-state index >= 15 is 0 Å². The lowest BCUT2D eigenvalue weighted by Gasteiger charge is -2.31. The zero-order valence-corrected chi connectivity index (χ0v) is 13.2. The Hall–Kier alpha value is 0.350. The number of piperidine rings is 1. The minimum atomic E-state index is -3.30. The second kappa shape index (κ2) is 6.50. The zero-order chi connectivity index (χ0) is 13.1. The fourth-order valence-electron chi connectivity index (χ4n) is 2.23. The molecule has 17 heavy (non-hydrogen) atoms. The summed E-state index contributed by atoms with van der Waals surface area (Å²) in [6.07, 6.45) is 2.88. The van der Waals surface area contributed by atoms with Crippen LogP contribution < -0.4 is 4.72 Å². The summed E-state index contributed by atoms with van der Waals surface area (Å²) in [7, 11) is -3.30. The third-order valence-electron chi connectivity index (χ3n) is 2.99. The summed E-state index contributed by atoms with van der Waals surface area (Å²) in [6, 6.07) is -0.0355. The minimum absolute atomic E-state index is 0.0355. The predicted octanol–water partition coefficient (Wildman–Crippen LogP) is 2.11. The Morgan fingerprint density at radius 1 is 1.47 bits per heavy atom. The van der Waals surface area contributed by atoms with Crippen molar-refractivity contribution in [1.29, 1.82) is 0 Å². The van der Waals surface area contributed by atoms with Gasteiger partial charge in [0.05, 0.1) is 0 Å². The molecule has 0 aromatic carbocycles. The van der Waals surface area contributed by atoms with E-state index in [0.29, 0.717) is 23.8 Å². The minimum Gasteiger partial charge on any atom is -0.199 e. The van der Waals surface area contributed by atoms with Crippen LogP contribution in [0.3, 0.4) is 0 Å². The Morgan fingerprint density at radius 3 is 2.65 bits per heavy atom. The molecule has 0 aromatic rings. The molecule has 0 aromatic heterocycles. The topological polar surface area (TPSA) is 49.4 Å². The molecule has 1 aliphatic heterocycles. The van der Waals surface area contributed by atoms with E-state index in [-0.39, 0.29) is 6.04 Å². The van der Waals surface area contributed by atoms with Crippen molar-refractivity contribution in [2.24, 2.45) is 5.92 Å². The first kappa shape index (κ1) is 15.4. The summed E-state index contributed by atoms with van der Waals surface area (Å²) in [5, 5.41) is 0. The molecule has 1 heterocycles. The summed E-state index contributed by atoms with van der Waals surface area (Å²) >= 11 is 3.44. The lowest BCUT2D eigenvalue weighted by atomic mass is 10.0. The fraction of sp³-hybridized carbons (Fsp3) is 1.00. The molecule has 0 radical (unpaired) electrons. The van der Waals surface area contributed by atoms with Crippen molar-refractivity contribution in [2.75, 3.05) is 13.1 Å². The summed E-state index contributed by atoms with van der Waals surface area (Å²) in [4.78, 5) is 0.320. The van der Waals surface area contributed by atoms with Crippen molar-refractivity contribution in [2.45, 2.75) is 50.9 Å². The maximum atomic E-state index is 12.1. The Morgan fingerprint density at radius 2 is 2.12 bits per heavy atom. The molecule has 3 unspecified atom stereocenters. The van der Waals surface area contributed by atoms with E-state index < -0.39 is 10.2 Å². The van der Waals surface area contributed by atoms with Crippen molar-refractivity contribution in [1.82, 2.24) is 9.03 Å². The molecule has 0 bridgehead atoms. The van der Waals surface area contributed by atoms with Gasteiger partial charge in [-0.1, -0.05) is 29.8 Å². The Bertz CT molecular complexity index is 332. The third-order valence-corrected chi connectivity index (χ3v) is 5.07. The molecule has 3 atom stereocenters. The van der Waals surface area contributed by atoms with Gasteiger partial charge < -0.3 is 0 Å². The van der Waals surface area contributed by atoms with E-state index in [2.05, 4.69) is 27.6 Å². The van der Waals surface area contributed by atoms with Gasteiger partial charge in [-0.05, 0) is 32.1 Å². The van der Waals surface area contributed by atoms with Gasteiger partial charge in [-0.25, -0.2) is 0 Å². The number of halogens is 1. The van der Waals surface area contributed by atoms with Crippen LogP contribution in [-0.4, -0.2) is 36.7 Å². The fourth-order valence-corrected chi connectivity index (χ4v) is 4.36. The van der Waals surface area contributed by atoms with Gasteiger partial charge in [0.1, 0.15) is 0 Å². The molecule has 102 valence electrons. The largest absolute Gasteiger partial charge is 0.279 e. The third kappa shape index (κ3) is 5.24. The summed E-state index contributed by atoms with van der Waals surface area (Å²) < 4.78 is 28.6. The highest BCUT2D eigenvalue weighted by Gasteiger charge is 2.28. The van der Waals surface area contributed by atoms with E-state index in [4.69, 9.17) is 0 Å². The van der Waals surface area contributed by atoms with Gasteiger partial charge in [0.15, 0.2) is 0 Å². The van der Waals surface area contributed by atoms with E-state index in [1.54, 1.807) is 4.31 Å². The maximum absolute atomic E-state index is 12.1. The van der Waals surface area contributed by atoms with Gasteiger partial charge in [0, 0.05) is 24.0 Å². The molecule has 1 saturated heterocycles. The number of hydrogen-bond acceptors (Lipinski definition) is 2. The highest BCUT2D eigenvalue weighted by atomic mass is 79.9. The normalized spacial score (nSPS) is 26.7. The van der Waals surface area contributed by atoms with Gasteiger partial charge >= 0.3 is 0 Å². The van der Waals surface area contributed by atoms with Crippen molar-refractivity contribution in [3.8, 4) is 0 Å². The Kier molecular flexibility index (Phi) is 5.89. The average Bonchev–Trinajstić information content (AvgIpc) is 2.15. The van der Waals surface area contributed by atoms with Gasteiger partial charge in [0.25, 0.3) is 10.2 Å². The highest BCUT2D eigenvalue weighted by Crippen LogP contribution is 2.18. The maximum Gasteiger partial charge on any atom is 0.279 e. The van der Waals surface area contributed by atoms with Crippen LogP contribution in [0, 0.1) is 5.92 Å². The molecule has 1 rings (SSSR count). The standard InChI is InChI=1S/C11H23BrN2O2S/c1-9-5-4-6-14(8-9)17(15,16)13-11(3)7-10(2)12/h9-11,13H,4-8H2,1-3H3.